The molecule has 1 atom stereocenters. The van der Waals surface area contributed by atoms with Crippen LogP contribution in [0.25, 0.3) is 0 Å². The lowest BCUT2D eigenvalue weighted by atomic mass is 10.0. The minimum atomic E-state index is -0.647. The Balaban J connectivity index is 3.04. The number of carbonyl (C=O) groups is 1. The van der Waals surface area contributed by atoms with E-state index in [1.165, 1.54) is 96.3 Å². The van der Waals surface area contributed by atoms with Crippen LogP contribution in [0.5, 0.6) is 0 Å². The zero-order chi connectivity index (χ0) is 17.2. The molecule has 2 heteroatoms. The van der Waals surface area contributed by atoms with Gasteiger partial charge in [0.25, 0.3) is 0 Å². The van der Waals surface area contributed by atoms with Gasteiger partial charge in [0.15, 0.2) is 0 Å². The Morgan fingerprint density at radius 2 is 0.957 bits per heavy atom. The maximum Gasteiger partial charge on any atom is 0.306 e. The second-order valence-electron chi connectivity index (χ2n) is 7.33. The molecule has 0 amide bonds. The fourth-order valence-corrected chi connectivity index (χ4v) is 3.12. The molecule has 1 N–H and O–H groups in total. The first-order valence-corrected chi connectivity index (χ1v) is 10.4. The molecule has 0 radical (unpaired) electrons. The van der Waals surface area contributed by atoms with E-state index in [2.05, 4.69) is 6.92 Å². The molecule has 0 spiro atoms. The van der Waals surface area contributed by atoms with Gasteiger partial charge in [-0.1, -0.05) is 117 Å². The largest absolute Gasteiger partial charge is 0.481 e. The van der Waals surface area contributed by atoms with Crippen molar-refractivity contribution in [3.63, 3.8) is 0 Å². The van der Waals surface area contributed by atoms with Crippen LogP contribution in [0.1, 0.15) is 123 Å². The van der Waals surface area contributed by atoms with E-state index >= 15 is 0 Å². The third kappa shape index (κ3) is 17.7. The maximum absolute atomic E-state index is 10.7. The van der Waals surface area contributed by atoms with Gasteiger partial charge in [-0.25, -0.2) is 0 Å². The lowest BCUT2D eigenvalue weighted by molar-refractivity contribution is -0.141. The average molecular weight is 327 g/mol. The van der Waals surface area contributed by atoms with Gasteiger partial charge in [0, 0.05) is 0 Å². The van der Waals surface area contributed by atoms with E-state index in [1.54, 1.807) is 0 Å². The average Bonchev–Trinajstić information content (AvgIpc) is 2.54. The zero-order valence-corrected chi connectivity index (χ0v) is 16.0. The third-order valence-corrected chi connectivity index (χ3v) is 4.91. The van der Waals surface area contributed by atoms with E-state index in [0.29, 0.717) is 0 Å². The minimum absolute atomic E-state index is 0.165. The van der Waals surface area contributed by atoms with E-state index in [0.717, 1.165) is 12.8 Å². The summed E-state index contributed by atoms with van der Waals surface area (Å²) in [5.74, 6) is -0.812. The zero-order valence-electron chi connectivity index (χ0n) is 16.0. The number of carboxylic acids is 1. The second kappa shape index (κ2) is 17.8. The predicted molar refractivity (Wildman–Crippen MR) is 101 cm³/mol. The van der Waals surface area contributed by atoms with Crippen molar-refractivity contribution in [3.8, 4) is 0 Å². The van der Waals surface area contributed by atoms with Crippen molar-refractivity contribution in [3.05, 3.63) is 0 Å². The van der Waals surface area contributed by atoms with Gasteiger partial charge in [-0.2, -0.15) is 0 Å². The van der Waals surface area contributed by atoms with Crippen molar-refractivity contribution in [2.75, 3.05) is 0 Å². The Morgan fingerprint density at radius 1 is 0.652 bits per heavy atom. The molecule has 0 saturated carbocycles. The van der Waals surface area contributed by atoms with Gasteiger partial charge < -0.3 is 5.11 Å². The molecule has 0 heterocycles. The van der Waals surface area contributed by atoms with Crippen LogP contribution in [0.2, 0.25) is 0 Å². The van der Waals surface area contributed by atoms with Crippen LogP contribution in [-0.4, -0.2) is 11.1 Å². The Morgan fingerprint density at radius 3 is 1.26 bits per heavy atom. The molecule has 0 aromatic heterocycles. The van der Waals surface area contributed by atoms with E-state index in [4.69, 9.17) is 5.11 Å². The highest BCUT2D eigenvalue weighted by Crippen LogP contribution is 2.15. The standard InChI is InChI=1S/C21H42O2/c1-3-4-5-6-7-8-9-10-11-12-13-14-15-16-17-18-19-20(2)21(22)23/h20H,3-19H2,1-2H3,(H,22,23)/t20-/m0/s1. The molecule has 2 nitrogen and oxygen atoms in total. The summed E-state index contributed by atoms with van der Waals surface area (Å²) in [5, 5.41) is 8.81. The molecule has 0 unspecified atom stereocenters. The normalized spacial score (nSPS) is 12.4. The Labute approximate surface area is 145 Å². The van der Waals surface area contributed by atoms with Crippen LogP contribution in [0.15, 0.2) is 0 Å². The molecule has 138 valence electrons. The molecular formula is C21H42O2. The number of unbranched alkanes of at least 4 members (excludes halogenated alkanes) is 15. The minimum Gasteiger partial charge on any atom is -0.481 e. The molecule has 0 aliphatic rings. The van der Waals surface area contributed by atoms with Gasteiger partial charge in [0.05, 0.1) is 5.92 Å². The molecule has 0 aliphatic heterocycles. The number of hydrogen-bond acceptors (Lipinski definition) is 1. The molecule has 0 fully saturated rings. The highest BCUT2D eigenvalue weighted by molar-refractivity contribution is 5.69. The van der Waals surface area contributed by atoms with Crippen molar-refractivity contribution in [2.45, 2.75) is 123 Å². The number of rotatable bonds is 18. The van der Waals surface area contributed by atoms with Gasteiger partial charge in [-0.15, -0.1) is 0 Å². The van der Waals surface area contributed by atoms with Crippen LogP contribution in [0.4, 0.5) is 0 Å². The van der Waals surface area contributed by atoms with Gasteiger partial charge in [-0.3, -0.25) is 4.79 Å². The monoisotopic (exact) mass is 326 g/mol. The van der Waals surface area contributed by atoms with Gasteiger partial charge in [0.1, 0.15) is 0 Å². The molecule has 0 rings (SSSR count). The fourth-order valence-electron chi connectivity index (χ4n) is 3.12. The van der Waals surface area contributed by atoms with Crippen LogP contribution < -0.4 is 0 Å². The first-order valence-electron chi connectivity index (χ1n) is 10.4. The lowest BCUT2D eigenvalue weighted by Crippen LogP contribution is -2.08. The highest BCUT2D eigenvalue weighted by atomic mass is 16.4. The smallest absolute Gasteiger partial charge is 0.306 e. The molecule has 0 saturated heterocycles. The summed E-state index contributed by atoms with van der Waals surface area (Å²) in [6, 6.07) is 0. The van der Waals surface area contributed by atoms with Crippen LogP contribution in [0, 0.1) is 5.92 Å². The van der Waals surface area contributed by atoms with E-state index in [-0.39, 0.29) is 5.92 Å². The fraction of sp³-hybridized carbons (Fsp3) is 0.952. The quantitative estimate of drug-likeness (QED) is 0.267. The van der Waals surface area contributed by atoms with Gasteiger partial charge >= 0.3 is 5.97 Å². The first kappa shape index (κ1) is 22.5. The Kier molecular flexibility index (Phi) is 17.4. The molecule has 23 heavy (non-hydrogen) atoms. The highest BCUT2D eigenvalue weighted by Gasteiger charge is 2.09. The summed E-state index contributed by atoms with van der Waals surface area (Å²) < 4.78 is 0. The first-order chi connectivity index (χ1) is 11.2. The topological polar surface area (TPSA) is 37.3 Å². The second-order valence-corrected chi connectivity index (χ2v) is 7.33. The van der Waals surface area contributed by atoms with E-state index in [1.807, 2.05) is 6.92 Å². The van der Waals surface area contributed by atoms with E-state index in [9.17, 15) is 4.79 Å². The van der Waals surface area contributed by atoms with Crippen molar-refractivity contribution in [2.24, 2.45) is 5.92 Å². The number of aliphatic carboxylic acids is 1. The van der Waals surface area contributed by atoms with Crippen LogP contribution >= 0.6 is 0 Å². The summed E-state index contributed by atoms with van der Waals surface area (Å²) in [6.45, 7) is 4.09. The molecule has 0 aromatic rings. The Bertz CT molecular complexity index is 250. The van der Waals surface area contributed by atoms with Crippen molar-refractivity contribution in [1.29, 1.82) is 0 Å². The third-order valence-electron chi connectivity index (χ3n) is 4.91. The summed E-state index contributed by atoms with van der Waals surface area (Å²) in [7, 11) is 0. The summed E-state index contributed by atoms with van der Waals surface area (Å²) in [6.07, 6.45) is 22.7. The van der Waals surface area contributed by atoms with Gasteiger partial charge in [-0.05, 0) is 6.42 Å². The SMILES string of the molecule is CCCCCCCCCCCCCCCCCC[C@H](C)C(=O)O. The summed E-state index contributed by atoms with van der Waals surface area (Å²) in [5.41, 5.74) is 0. The van der Waals surface area contributed by atoms with Crippen molar-refractivity contribution >= 4 is 5.97 Å². The van der Waals surface area contributed by atoms with Crippen LogP contribution in [0.3, 0.4) is 0 Å². The maximum atomic E-state index is 10.7. The summed E-state index contributed by atoms with van der Waals surface area (Å²) in [4.78, 5) is 10.7. The molecule has 0 aliphatic carbocycles. The lowest BCUT2D eigenvalue weighted by Gasteiger charge is -2.05. The van der Waals surface area contributed by atoms with Crippen LogP contribution in [-0.2, 0) is 4.79 Å². The predicted octanol–water partition coefficient (Wildman–Crippen LogP) is 7.36. The number of carboxylic acid groups (broad SMARTS) is 1. The summed E-state index contributed by atoms with van der Waals surface area (Å²) >= 11 is 0. The van der Waals surface area contributed by atoms with E-state index < -0.39 is 5.97 Å². The van der Waals surface area contributed by atoms with Gasteiger partial charge in [0.2, 0.25) is 0 Å². The van der Waals surface area contributed by atoms with Crippen molar-refractivity contribution < 1.29 is 9.90 Å². The molecular weight excluding hydrogens is 284 g/mol. The number of hydrogen-bond donors (Lipinski definition) is 1. The molecule has 0 bridgehead atoms. The Hall–Kier alpha value is -0.530. The van der Waals surface area contributed by atoms with Crippen molar-refractivity contribution in [1.82, 2.24) is 0 Å². The molecule has 0 aromatic carbocycles.